The lowest BCUT2D eigenvalue weighted by atomic mass is 10.1. The molecule has 1 amide bonds. The van der Waals surface area contributed by atoms with E-state index >= 15 is 0 Å². The normalized spacial score (nSPS) is 12.6. The second kappa shape index (κ2) is 5.60. The van der Waals surface area contributed by atoms with Crippen molar-refractivity contribution in [2.24, 2.45) is 0 Å². The van der Waals surface area contributed by atoms with Crippen LogP contribution >= 0.6 is 0 Å². The van der Waals surface area contributed by atoms with E-state index in [0.717, 1.165) is 6.26 Å². The van der Waals surface area contributed by atoms with Crippen LogP contribution in [0.5, 0.6) is 0 Å². The Morgan fingerprint density at radius 1 is 1.31 bits per heavy atom. The quantitative estimate of drug-likeness (QED) is 0.634. The van der Waals surface area contributed by atoms with Crippen LogP contribution in [0.2, 0.25) is 0 Å². The molecule has 0 bridgehead atoms. The molecule has 0 saturated carbocycles. The summed E-state index contributed by atoms with van der Waals surface area (Å²) in [5.74, 6) is -0.0462. The number of hydrogen-bond acceptors (Lipinski definition) is 4. The van der Waals surface area contributed by atoms with E-state index in [-0.39, 0.29) is 12.5 Å². The van der Waals surface area contributed by atoms with Crippen molar-refractivity contribution in [3.05, 3.63) is 0 Å². The maximum Gasteiger partial charge on any atom is 0.236 e. The van der Waals surface area contributed by atoms with Gasteiger partial charge in [-0.25, -0.2) is 13.1 Å². The second-order valence-electron chi connectivity index (χ2n) is 4.65. The molecule has 0 aliphatic heterocycles. The number of amides is 1. The van der Waals surface area contributed by atoms with Crippen molar-refractivity contribution in [2.45, 2.75) is 19.4 Å². The van der Waals surface area contributed by atoms with Crippen LogP contribution in [0.4, 0.5) is 0 Å². The molecule has 0 atom stereocenters. The molecular weight excluding hydrogens is 230 g/mol. The monoisotopic (exact) mass is 251 g/mol. The van der Waals surface area contributed by atoms with Gasteiger partial charge in [0.15, 0.2) is 0 Å². The van der Waals surface area contributed by atoms with Gasteiger partial charge in [-0.1, -0.05) is 0 Å². The number of carbonyl (C=O) groups is 1. The van der Waals surface area contributed by atoms with Crippen molar-refractivity contribution >= 4 is 15.9 Å². The number of carbonyl (C=O) groups excluding carboxylic acids is 1. The van der Waals surface area contributed by atoms with Gasteiger partial charge in [0.1, 0.15) is 0 Å². The van der Waals surface area contributed by atoms with E-state index in [9.17, 15) is 13.2 Å². The average molecular weight is 251 g/mol. The Morgan fingerprint density at radius 2 is 1.81 bits per heavy atom. The van der Waals surface area contributed by atoms with E-state index in [1.807, 2.05) is 0 Å². The molecule has 0 aromatic heterocycles. The Bertz CT molecular complexity index is 336. The lowest BCUT2D eigenvalue weighted by Crippen LogP contribution is -2.51. The van der Waals surface area contributed by atoms with Crippen molar-refractivity contribution in [1.29, 1.82) is 0 Å². The van der Waals surface area contributed by atoms with Crippen LogP contribution < -0.4 is 10.0 Å². The van der Waals surface area contributed by atoms with Crippen LogP contribution in [-0.4, -0.2) is 58.2 Å². The van der Waals surface area contributed by atoms with Crippen molar-refractivity contribution in [1.82, 2.24) is 14.9 Å². The van der Waals surface area contributed by atoms with E-state index in [1.54, 1.807) is 27.9 Å². The van der Waals surface area contributed by atoms with Crippen LogP contribution in [0.3, 0.4) is 0 Å². The molecule has 0 unspecified atom stereocenters. The van der Waals surface area contributed by atoms with Gasteiger partial charge in [0.2, 0.25) is 15.9 Å². The predicted molar refractivity (Wildman–Crippen MR) is 63.6 cm³/mol. The molecule has 0 radical (unpaired) electrons. The molecule has 0 aliphatic rings. The van der Waals surface area contributed by atoms with Gasteiger partial charge >= 0.3 is 0 Å². The molecule has 16 heavy (non-hydrogen) atoms. The summed E-state index contributed by atoms with van der Waals surface area (Å²) >= 11 is 0. The molecule has 96 valence electrons. The van der Waals surface area contributed by atoms with Gasteiger partial charge in [-0.05, 0) is 13.8 Å². The molecule has 0 heterocycles. The number of rotatable bonds is 6. The Hall–Kier alpha value is -0.660. The third kappa shape index (κ3) is 7.61. The van der Waals surface area contributed by atoms with Crippen molar-refractivity contribution in [3.63, 3.8) is 0 Å². The van der Waals surface area contributed by atoms with Gasteiger partial charge in [0.05, 0.1) is 12.8 Å². The highest BCUT2D eigenvalue weighted by Crippen LogP contribution is 2.01. The number of nitrogens with zero attached hydrogens (tertiary/aromatic N) is 1. The van der Waals surface area contributed by atoms with Gasteiger partial charge in [0, 0.05) is 26.2 Å². The first-order valence-corrected chi connectivity index (χ1v) is 6.82. The zero-order chi connectivity index (χ0) is 13.0. The van der Waals surface area contributed by atoms with E-state index in [1.165, 1.54) is 4.90 Å². The van der Waals surface area contributed by atoms with Gasteiger partial charge in [-0.3, -0.25) is 4.79 Å². The maximum atomic E-state index is 11.2. The number of sulfonamides is 1. The predicted octanol–water partition coefficient (Wildman–Crippen LogP) is -1.01. The fraction of sp³-hybridized carbons (Fsp3) is 0.889. The third-order valence-corrected chi connectivity index (χ3v) is 2.73. The lowest BCUT2D eigenvalue weighted by Gasteiger charge is -2.25. The lowest BCUT2D eigenvalue weighted by molar-refractivity contribution is -0.127. The fourth-order valence-corrected chi connectivity index (χ4v) is 2.25. The minimum atomic E-state index is -3.23. The highest BCUT2D eigenvalue weighted by Gasteiger charge is 2.21. The van der Waals surface area contributed by atoms with Crippen molar-refractivity contribution in [3.8, 4) is 0 Å². The summed E-state index contributed by atoms with van der Waals surface area (Å²) in [6.07, 6.45) is 1.11. The summed E-state index contributed by atoms with van der Waals surface area (Å²) in [5.41, 5.74) is -0.611. The van der Waals surface area contributed by atoms with Crippen LogP contribution in [0, 0.1) is 0 Å². The fourth-order valence-electron chi connectivity index (χ4n) is 1.18. The first-order chi connectivity index (χ1) is 7.03. The minimum absolute atomic E-state index is 0.0462. The second-order valence-corrected chi connectivity index (χ2v) is 6.40. The molecule has 6 nitrogen and oxygen atoms in total. The molecule has 7 heteroatoms. The standard InChI is InChI=1S/C9H21N3O3S/c1-9(2,11-16(5,14)15)7-10-6-8(13)12(3)4/h10-11H,6-7H2,1-5H3. The van der Waals surface area contributed by atoms with E-state index in [2.05, 4.69) is 10.0 Å². The molecule has 0 saturated heterocycles. The van der Waals surface area contributed by atoms with Gasteiger partial charge in [-0.15, -0.1) is 0 Å². The summed E-state index contributed by atoms with van der Waals surface area (Å²) < 4.78 is 24.6. The van der Waals surface area contributed by atoms with Crippen molar-refractivity contribution in [2.75, 3.05) is 33.4 Å². The Kier molecular flexibility index (Phi) is 5.37. The molecule has 0 aromatic carbocycles. The van der Waals surface area contributed by atoms with E-state index < -0.39 is 15.6 Å². The summed E-state index contributed by atoms with van der Waals surface area (Å²) in [7, 11) is 0.107. The zero-order valence-corrected chi connectivity index (χ0v) is 11.3. The average Bonchev–Trinajstić information content (AvgIpc) is 1.98. The SMILES string of the molecule is CN(C)C(=O)CNCC(C)(C)NS(C)(=O)=O. The number of hydrogen-bond donors (Lipinski definition) is 2. The van der Waals surface area contributed by atoms with E-state index in [0.29, 0.717) is 6.54 Å². The van der Waals surface area contributed by atoms with Crippen LogP contribution in [0.15, 0.2) is 0 Å². The Balaban J connectivity index is 4.06. The molecule has 0 spiro atoms. The molecule has 0 aromatic rings. The summed E-state index contributed by atoms with van der Waals surface area (Å²) in [6, 6.07) is 0. The maximum absolute atomic E-state index is 11.2. The highest BCUT2D eigenvalue weighted by atomic mass is 32.2. The molecule has 2 N–H and O–H groups in total. The molecule has 0 fully saturated rings. The van der Waals surface area contributed by atoms with Crippen LogP contribution in [0.25, 0.3) is 0 Å². The van der Waals surface area contributed by atoms with Crippen LogP contribution in [-0.2, 0) is 14.8 Å². The molecular formula is C9H21N3O3S. The third-order valence-electron chi connectivity index (χ3n) is 1.80. The zero-order valence-electron chi connectivity index (χ0n) is 10.5. The Morgan fingerprint density at radius 3 is 2.19 bits per heavy atom. The van der Waals surface area contributed by atoms with E-state index in [4.69, 9.17) is 0 Å². The summed E-state index contributed by atoms with van der Waals surface area (Å²) in [5, 5.41) is 2.91. The number of likely N-dealkylation sites (N-methyl/N-ethyl adjacent to an activating group) is 1. The smallest absolute Gasteiger partial charge is 0.236 e. The Labute approximate surface area is 97.4 Å². The largest absolute Gasteiger partial charge is 0.348 e. The van der Waals surface area contributed by atoms with Gasteiger partial charge < -0.3 is 10.2 Å². The van der Waals surface area contributed by atoms with Gasteiger partial charge in [-0.2, -0.15) is 0 Å². The summed E-state index contributed by atoms with van der Waals surface area (Å²) in [6.45, 7) is 4.09. The minimum Gasteiger partial charge on any atom is -0.348 e. The summed E-state index contributed by atoms with van der Waals surface area (Å²) in [4.78, 5) is 12.7. The highest BCUT2D eigenvalue weighted by molar-refractivity contribution is 7.88. The van der Waals surface area contributed by atoms with Gasteiger partial charge in [0.25, 0.3) is 0 Å². The first kappa shape index (κ1) is 15.3. The number of nitrogens with one attached hydrogen (secondary N) is 2. The first-order valence-electron chi connectivity index (χ1n) is 4.93. The van der Waals surface area contributed by atoms with Crippen LogP contribution in [0.1, 0.15) is 13.8 Å². The molecule has 0 rings (SSSR count). The topological polar surface area (TPSA) is 78.5 Å². The van der Waals surface area contributed by atoms with Crippen molar-refractivity contribution < 1.29 is 13.2 Å². The molecule has 0 aliphatic carbocycles.